The molecule has 3 aromatic rings. The first-order valence-corrected chi connectivity index (χ1v) is 7.91. The maximum atomic E-state index is 12.7. The quantitative estimate of drug-likeness (QED) is 0.683. The summed E-state index contributed by atoms with van der Waals surface area (Å²) in [6.07, 6.45) is 3.62. The van der Waals surface area contributed by atoms with Crippen LogP contribution in [0.2, 0.25) is 0 Å². The van der Waals surface area contributed by atoms with Gasteiger partial charge in [-0.1, -0.05) is 48.5 Å². The van der Waals surface area contributed by atoms with Crippen molar-refractivity contribution >= 4 is 16.8 Å². The number of H-pyrrole nitrogens is 1. The number of carbonyl (C=O) groups is 1. The summed E-state index contributed by atoms with van der Waals surface area (Å²) in [6.45, 7) is 3.80. The molecule has 1 amide bonds. The molecule has 2 N–H and O–H groups in total. The van der Waals surface area contributed by atoms with Gasteiger partial charge in [0, 0.05) is 16.5 Å². The number of allylic oxidation sites excluding steroid dienone is 1. The van der Waals surface area contributed by atoms with E-state index in [0.29, 0.717) is 5.69 Å². The van der Waals surface area contributed by atoms with Crippen LogP contribution in [-0.4, -0.2) is 10.9 Å². The van der Waals surface area contributed by atoms with E-state index < -0.39 is 0 Å². The number of nitrogens with one attached hydrogen (secondary N) is 2. The maximum absolute atomic E-state index is 12.7. The Kier molecular flexibility index (Phi) is 3.27. The predicted octanol–water partition coefficient (Wildman–Crippen LogP) is 4.59. The lowest BCUT2D eigenvalue weighted by molar-refractivity contribution is 0.0933. The Morgan fingerprint density at radius 1 is 1.09 bits per heavy atom. The molecule has 0 spiro atoms. The van der Waals surface area contributed by atoms with Gasteiger partial charge in [-0.05, 0) is 30.0 Å². The smallest absolute Gasteiger partial charge is 0.268 e. The van der Waals surface area contributed by atoms with E-state index in [1.807, 2.05) is 36.4 Å². The van der Waals surface area contributed by atoms with Gasteiger partial charge in [0.25, 0.3) is 5.91 Å². The summed E-state index contributed by atoms with van der Waals surface area (Å²) in [5.74, 6) is -0.0403. The highest BCUT2D eigenvalue weighted by Gasteiger charge is 2.28. The van der Waals surface area contributed by atoms with Crippen LogP contribution in [0.1, 0.15) is 34.9 Å². The Bertz CT molecular complexity index is 907. The number of hydrogen-bond acceptors (Lipinski definition) is 1. The molecule has 0 aliphatic carbocycles. The van der Waals surface area contributed by atoms with Gasteiger partial charge in [-0.3, -0.25) is 4.79 Å². The highest BCUT2D eigenvalue weighted by atomic mass is 16.2. The number of amides is 1. The van der Waals surface area contributed by atoms with Gasteiger partial charge in [0.05, 0.1) is 6.04 Å². The van der Waals surface area contributed by atoms with Crippen molar-refractivity contribution in [2.24, 2.45) is 0 Å². The van der Waals surface area contributed by atoms with E-state index in [4.69, 9.17) is 0 Å². The van der Waals surface area contributed by atoms with Crippen LogP contribution in [0.25, 0.3) is 22.0 Å². The zero-order valence-corrected chi connectivity index (χ0v) is 12.8. The number of rotatable bonds is 3. The minimum Gasteiger partial charge on any atom is -0.350 e. The van der Waals surface area contributed by atoms with Crippen molar-refractivity contribution in [3.8, 4) is 11.1 Å². The van der Waals surface area contributed by atoms with Crippen molar-refractivity contribution in [3.63, 3.8) is 0 Å². The van der Waals surface area contributed by atoms with Gasteiger partial charge in [0.15, 0.2) is 0 Å². The molecule has 2 heterocycles. The number of hydrogen-bond donors (Lipinski definition) is 2. The standard InChI is InChI=1S/C20H18N2O/c1-2-3-11-16-13-8-4-5-9-14(13)18-15-10-6-7-12-17(15)21-19(18)20(23)22-16/h2,4-10,12,16,21H,1,3,11H2,(H,22,23). The molecule has 23 heavy (non-hydrogen) atoms. The fourth-order valence-electron chi connectivity index (χ4n) is 3.44. The average Bonchev–Trinajstić information content (AvgIpc) is 2.93. The van der Waals surface area contributed by atoms with Gasteiger partial charge in [0.2, 0.25) is 0 Å². The summed E-state index contributed by atoms with van der Waals surface area (Å²) in [6, 6.07) is 16.4. The largest absolute Gasteiger partial charge is 0.350 e. The first kappa shape index (κ1) is 13.8. The lowest BCUT2D eigenvalue weighted by Crippen LogP contribution is -2.27. The van der Waals surface area contributed by atoms with Gasteiger partial charge in [-0.25, -0.2) is 0 Å². The molecular weight excluding hydrogens is 284 g/mol. The normalized spacial score (nSPS) is 16.3. The summed E-state index contributed by atoms with van der Waals surface area (Å²) < 4.78 is 0. The van der Waals surface area contributed by atoms with Crippen LogP contribution in [0.4, 0.5) is 0 Å². The molecule has 1 aliphatic heterocycles. The van der Waals surface area contributed by atoms with Crippen molar-refractivity contribution in [2.45, 2.75) is 18.9 Å². The second kappa shape index (κ2) is 5.43. The van der Waals surface area contributed by atoms with Gasteiger partial charge < -0.3 is 10.3 Å². The molecule has 0 radical (unpaired) electrons. The van der Waals surface area contributed by atoms with E-state index >= 15 is 0 Å². The third-order valence-corrected chi connectivity index (χ3v) is 4.50. The second-order valence-electron chi connectivity index (χ2n) is 5.90. The van der Waals surface area contributed by atoms with Crippen molar-refractivity contribution in [1.82, 2.24) is 10.3 Å². The summed E-state index contributed by atoms with van der Waals surface area (Å²) in [4.78, 5) is 16.0. The fraction of sp³-hybridized carbons (Fsp3) is 0.150. The van der Waals surface area contributed by atoms with Crippen LogP contribution >= 0.6 is 0 Å². The molecule has 4 rings (SSSR count). The molecule has 114 valence electrons. The molecule has 3 heteroatoms. The van der Waals surface area contributed by atoms with E-state index in [0.717, 1.165) is 34.9 Å². The topological polar surface area (TPSA) is 44.9 Å². The van der Waals surface area contributed by atoms with E-state index in [1.165, 1.54) is 5.56 Å². The van der Waals surface area contributed by atoms with E-state index in [2.05, 4.69) is 35.1 Å². The van der Waals surface area contributed by atoms with Gasteiger partial charge in [0.1, 0.15) is 5.69 Å². The van der Waals surface area contributed by atoms with Crippen LogP contribution in [0.5, 0.6) is 0 Å². The van der Waals surface area contributed by atoms with Crippen molar-refractivity contribution < 1.29 is 4.79 Å². The number of para-hydroxylation sites is 1. The van der Waals surface area contributed by atoms with E-state index in [9.17, 15) is 4.79 Å². The molecule has 1 aromatic heterocycles. The fourth-order valence-corrected chi connectivity index (χ4v) is 3.44. The Morgan fingerprint density at radius 2 is 1.87 bits per heavy atom. The van der Waals surface area contributed by atoms with Gasteiger partial charge in [-0.2, -0.15) is 0 Å². The third-order valence-electron chi connectivity index (χ3n) is 4.50. The highest BCUT2D eigenvalue weighted by Crippen LogP contribution is 2.39. The number of fused-ring (bicyclic) bond motifs is 5. The molecule has 0 bridgehead atoms. The molecule has 1 aliphatic rings. The van der Waals surface area contributed by atoms with E-state index in [1.54, 1.807) is 0 Å². The zero-order valence-electron chi connectivity index (χ0n) is 12.8. The number of benzene rings is 2. The number of aromatic amines is 1. The van der Waals surface area contributed by atoms with Crippen LogP contribution in [0.3, 0.4) is 0 Å². The number of carbonyl (C=O) groups excluding carboxylic acids is 1. The molecule has 0 fully saturated rings. The summed E-state index contributed by atoms with van der Waals surface area (Å²) in [5.41, 5.74) is 4.96. The Labute approximate surface area is 135 Å². The lowest BCUT2D eigenvalue weighted by Gasteiger charge is -2.18. The minimum absolute atomic E-state index is 0.0104. The van der Waals surface area contributed by atoms with Crippen LogP contribution in [0.15, 0.2) is 61.2 Å². The summed E-state index contributed by atoms with van der Waals surface area (Å²) in [5, 5.41) is 4.26. The highest BCUT2D eigenvalue weighted by molar-refractivity contribution is 6.11. The van der Waals surface area contributed by atoms with Crippen LogP contribution in [-0.2, 0) is 0 Å². The zero-order chi connectivity index (χ0) is 15.8. The minimum atomic E-state index is -0.0403. The molecule has 3 nitrogen and oxygen atoms in total. The van der Waals surface area contributed by atoms with Gasteiger partial charge in [-0.15, -0.1) is 6.58 Å². The second-order valence-corrected chi connectivity index (χ2v) is 5.90. The molecule has 0 saturated carbocycles. The monoisotopic (exact) mass is 302 g/mol. The van der Waals surface area contributed by atoms with Crippen LogP contribution in [0, 0.1) is 0 Å². The van der Waals surface area contributed by atoms with Crippen molar-refractivity contribution in [1.29, 1.82) is 0 Å². The molecule has 1 unspecified atom stereocenters. The Balaban J connectivity index is 1.99. The first-order chi connectivity index (χ1) is 11.3. The maximum Gasteiger partial charge on any atom is 0.268 e. The van der Waals surface area contributed by atoms with Crippen molar-refractivity contribution in [3.05, 3.63) is 72.4 Å². The first-order valence-electron chi connectivity index (χ1n) is 7.91. The summed E-state index contributed by atoms with van der Waals surface area (Å²) >= 11 is 0. The van der Waals surface area contributed by atoms with Crippen molar-refractivity contribution in [2.75, 3.05) is 0 Å². The average molecular weight is 302 g/mol. The Morgan fingerprint density at radius 3 is 2.74 bits per heavy atom. The molecule has 0 saturated heterocycles. The predicted molar refractivity (Wildman–Crippen MR) is 93.4 cm³/mol. The SMILES string of the molecule is C=CCCC1NC(=O)c2[nH]c3ccccc3c2-c2ccccc21. The van der Waals surface area contributed by atoms with Gasteiger partial charge >= 0.3 is 0 Å². The summed E-state index contributed by atoms with van der Waals surface area (Å²) in [7, 11) is 0. The van der Waals surface area contributed by atoms with E-state index in [-0.39, 0.29) is 11.9 Å². The Hall–Kier alpha value is -2.81. The number of aromatic nitrogens is 1. The third kappa shape index (κ3) is 2.16. The molecular formula is C20H18N2O. The van der Waals surface area contributed by atoms with Crippen LogP contribution < -0.4 is 5.32 Å². The molecule has 2 aromatic carbocycles. The molecule has 1 atom stereocenters. The lowest BCUT2D eigenvalue weighted by atomic mass is 9.93.